The first-order valence-corrected chi connectivity index (χ1v) is 11.9. The summed E-state index contributed by atoms with van der Waals surface area (Å²) in [5, 5.41) is 22.5. The van der Waals surface area contributed by atoms with Gasteiger partial charge in [0.25, 0.3) is 5.91 Å². The van der Waals surface area contributed by atoms with Crippen molar-refractivity contribution in [2.24, 2.45) is 5.92 Å². The van der Waals surface area contributed by atoms with Gasteiger partial charge >= 0.3 is 0 Å². The van der Waals surface area contributed by atoms with Crippen LogP contribution < -0.4 is 0 Å². The summed E-state index contributed by atoms with van der Waals surface area (Å²) in [6.07, 6.45) is 7.69. The summed E-state index contributed by atoms with van der Waals surface area (Å²) in [7, 11) is 5.72. The molecule has 32 heavy (non-hydrogen) atoms. The van der Waals surface area contributed by atoms with Crippen molar-refractivity contribution in [1.29, 1.82) is 0 Å². The lowest BCUT2D eigenvalue weighted by molar-refractivity contribution is 0.0781. The summed E-state index contributed by atoms with van der Waals surface area (Å²) in [5.74, 6) is -0.259. The molecule has 5 heteroatoms. The van der Waals surface area contributed by atoms with Crippen molar-refractivity contribution >= 4 is 5.91 Å². The number of benzene rings is 1. The number of rotatable bonds is 10. The minimum atomic E-state index is -0.194. The molecule has 1 aliphatic rings. The van der Waals surface area contributed by atoms with E-state index >= 15 is 0 Å². The van der Waals surface area contributed by atoms with Gasteiger partial charge in [0.2, 0.25) is 0 Å². The Morgan fingerprint density at radius 3 is 2.47 bits per heavy atom. The van der Waals surface area contributed by atoms with Crippen molar-refractivity contribution < 1.29 is 15.0 Å². The van der Waals surface area contributed by atoms with Crippen LogP contribution in [0.2, 0.25) is 0 Å². The maximum Gasteiger partial charge on any atom is 0.257 e. The number of hydrogen-bond donors (Lipinski definition) is 2. The molecule has 1 aromatic carbocycles. The van der Waals surface area contributed by atoms with E-state index in [0.717, 1.165) is 49.8 Å². The average Bonchev–Trinajstić information content (AvgIpc) is 2.71. The first-order chi connectivity index (χ1) is 15.1. The minimum Gasteiger partial charge on any atom is -0.507 e. The second-order valence-electron chi connectivity index (χ2n) is 9.71. The minimum absolute atomic E-state index is 0.0691. The largest absolute Gasteiger partial charge is 0.507 e. The van der Waals surface area contributed by atoms with Gasteiger partial charge in [-0.15, -0.1) is 0 Å². The fourth-order valence-electron chi connectivity index (χ4n) is 4.60. The number of unbranched alkanes of at least 4 members (excludes halogenated alkanes) is 2. The van der Waals surface area contributed by atoms with Gasteiger partial charge in [0.15, 0.2) is 0 Å². The molecule has 2 N–H and O–H groups in total. The SMILES string of the molecule is C=C(C)C1CCC(C)=CC1c1c(O)cc(CCCCC)c(C(=O)N(C)CCN(C)C)c1O. The van der Waals surface area contributed by atoms with E-state index in [2.05, 4.69) is 26.5 Å². The summed E-state index contributed by atoms with van der Waals surface area (Å²) in [6, 6.07) is 1.71. The lowest BCUT2D eigenvalue weighted by atomic mass is 9.73. The lowest BCUT2D eigenvalue weighted by Gasteiger charge is -2.32. The lowest BCUT2D eigenvalue weighted by Crippen LogP contribution is -2.34. The Bertz CT molecular complexity index is 857. The fraction of sp³-hybridized carbons (Fsp3) is 0.593. The van der Waals surface area contributed by atoms with E-state index in [4.69, 9.17) is 0 Å². The Balaban J connectivity index is 2.59. The molecule has 178 valence electrons. The molecule has 1 amide bonds. The van der Waals surface area contributed by atoms with Crippen LogP contribution in [0.3, 0.4) is 0 Å². The van der Waals surface area contributed by atoms with Gasteiger partial charge in [0.05, 0.1) is 5.56 Å². The van der Waals surface area contributed by atoms with Gasteiger partial charge in [-0.05, 0) is 71.2 Å². The molecule has 0 saturated carbocycles. The number of allylic oxidation sites excluding steroid dienone is 3. The Kier molecular flexibility index (Phi) is 9.38. The van der Waals surface area contributed by atoms with Crippen LogP contribution in [0.5, 0.6) is 11.5 Å². The molecule has 2 rings (SSSR count). The van der Waals surface area contributed by atoms with E-state index in [9.17, 15) is 15.0 Å². The van der Waals surface area contributed by atoms with Crippen molar-refractivity contribution in [3.05, 3.63) is 46.6 Å². The summed E-state index contributed by atoms with van der Waals surface area (Å²) in [5.41, 5.74) is 3.78. The van der Waals surface area contributed by atoms with Crippen LogP contribution in [0.1, 0.15) is 80.3 Å². The molecular formula is C27H42N2O3. The van der Waals surface area contributed by atoms with Gasteiger partial charge in [-0.2, -0.15) is 0 Å². The van der Waals surface area contributed by atoms with Gasteiger partial charge < -0.3 is 20.0 Å². The molecule has 0 bridgehead atoms. The number of likely N-dealkylation sites (N-methyl/N-ethyl adjacent to an activating group) is 2. The van der Waals surface area contributed by atoms with Crippen molar-refractivity contribution in [1.82, 2.24) is 9.80 Å². The fourth-order valence-corrected chi connectivity index (χ4v) is 4.60. The monoisotopic (exact) mass is 442 g/mol. The molecule has 5 nitrogen and oxygen atoms in total. The van der Waals surface area contributed by atoms with Gasteiger partial charge in [0.1, 0.15) is 11.5 Å². The highest BCUT2D eigenvalue weighted by Crippen LogP contribution is 2.48. The zero-order valence-electron chi connectivity index (χ0n) is 20.9. The molecule has 0 spiro atoms. The van der Waals surface area contributed by atoms with Crippen LogP contribution in [0.4, 0.5) is 0 Å². The molecule has 2 unspecified atom stereocenters. The molecule has 2 atom stereocenters. The second-order valence-corrected chi connectivity index (χ2v) is 9.71. The molecular weight excluding hydrogens is 400 g/mol. The van der Waals surface area contributed by atoms with Gasteiger partial charge in [0, 0.05) is 31.6 Å². The van der Waals surface area contributed by atoms with Crippen molar-refractivity contribution in [3.63, 3.8) is 0 Å². The van der Waals surface area contributed by atoms with Crippen LogP contribution in [0.25, 0.3) is 0 Å². The highest BCUT2D eigenvalue weighted by molar-refractivity contribution is 5.99. The van der Waals surface area contributed by atoms with Crippen LogP contribution in [0.15, 0.2) is 29.9 Å². The third kappa shape index (κ3) is 6.16. The zero-order valence-corrected chi connectivity index (χ0v) is 20.9. The normalized spacial score (nSPS) is 18.5. The van der Waals surface area contributed by atoms with Crippen LogP contribution >= 0.6 is 0 Å². The smallest absolute Gasteiger partial charge is 0.257 e. The highest BCUT2D eigenvalue weighted by Gasteiger charge is 2.33. The quantitative estimate of drug-likeness (QED) is 0.372. The number of hydrogen-bond acceptors (Lipinski definition) is 4. The molecule has 0 heterocycles. The van der Waals surface area contributed by atoms with Gasteiger partial charge in [-0.1, -0.05) is 43.6 Å². The molecule has 1 aromatic rings. The summed E-state index contributed by atoms with van der Waals surface area (Å²) < 4.78 is 0. The number of aryl methyl sites for hydroxylation is 1. The third-order valence-corrected chi connectivity index (χ3v) is 6.61. The number of phenols is 2. The van der Waals surface area contributed by atoms with Crippen LogP contribution in [-0.4, -0.2) is 60.2 Å². The molecule has 0 fully saturated rings. The predicted molar refractivity (Wildman–Crippen MR) is 133 cm³/mol. The topological polar surface area (TPSA) is 64.0 Å². The molecule has 1 aliphatic carbocycles. The van der Waals surface area contributed by atoms with E-state index in [-0.39, 0.29) is 29.2 Å². The number of phenolic OH excluding ortho intramolecular Hbond substituents is 2. The average molecular weight is 443 g/mol. The first-order valence-electron chi connectivity index (χ1n) is 11.9. The Morgan fingerprint density at radius 1 is 1.19 bits per heavy atom. The summed E-state index contributed by atoms with van der Waals surface area (Å²) >= 11 is 0. The van der Waals surface area contributed by atoms with Crippen molar-refractivity contribution in [2.45, 2.75) is 65.2 Å². The highest BCUT2D eigenvalue weighted by atomic mass is 16.3. The Labute approximate surface area is 194 Å². The van der Waals surface area contributed by atoms with E-state index in [1.54, 1.807) is 18.0 Å². The van der Waals surface area contributed by atoms with E-state index in [0.29, 0.717) is 24.1 Å². The maximum atomic E-state index is 13.5. The number of amides is 1. The molecule has 0 aromatic heterocycles. The summed E-state index contributed by atoms with van der Waals surface area (Å²) in [4.78, 5) is 17.2. The van der Waals surface area contributed by atoms with E-state index in [1.807, 2.05) is 25.9 Å². The molecule has 0 saturated heterocycles. The number of nitrogens with zero attached hydrogens (tertiary/aromatic N) is 2. The van der Waals surface area contributed by atoms with Crippen molar-refractivity contribution in [2.75, 3.05) is 34.2 Å². The number of aromatic hydroxyl groups is 2. The predicted octanol–water partition coefficient (Wildman–Crippen LogP) is 5.48. The van der Waals surface area contributed by atoms with Gasteiger partial charge in [-0.3, -0.25) is 4.79 Å². The van der Waals surface area contributed by atoms with E-state index in [1.165, 1.54) is 5.57 Å². The summed E-state index contributed by atoms with van der Waals surface area (Å²) in [6.45, 7) is 11.7. The number of carbonyl (C=O) groups excluding carboxylic acids is 1. The first kappa shape index (κ1) is 26.0. The van der Waals surface area contributed by atoms with E-state index < -0.39 is 0 Å². The van der Waals surface area contributed by atoms with Crippen LogP contribution in [0, 0.1) is 5.92 Å². The molecule has 0 radical (unpaired) electrons. The standard InChI is InChI=1S/C27H42N2O3/c1-8-9-10-11-20-17-23(30)25(22-16-19(4)12-13-21(22)18(2)3)26(31)24(20)27(32)29(7)15-14-28(5)6/h16-17,21-22,30-31H,2,8-15H2,1,3-7H3. The second kappa shape index (κ2) is 11.6. The maximum absolute atomic E-state index is 13.5. The Morgan fingerprint density at radius 2 is 1.88 bits per heavy atom. The third-order valence-electron chi connectivity index (χ3n) is 6.61. The Hall–Kier alpha value is -2.27. The van der Waals surface area contributed by atoms with Crippen LogP contribution in [-0.2, 0) is 6.42 Å². The molecule has 0 aliphatic heterocycles. The van der Waals surface area contributed by atoms with Crippen molar-refractivity contribution in [3.8, 4) is 11.5 Å². The zero-order chi connectivity index (χ0) is 24.0. The van der Waals surface area contributed by atoms with Gasteiger partial charge in [-0.25, -0.2) is 0 Å². The number of carbonyl (C=O) groups is 1.